The number of carbonyl (C=O) groups excluding carboxylic acids is 1. The molecule has 0 aliphatic carbocycles. The topological polar surface area (TPSA) is 95.1 Å². The number of amides is 1. The van der Waals surface area contributed by atoms with Gasteiger partial charge >= 0.3 is 5.97 Å². The monoisotopic (exact) mass is 345 g/mol. The summed E-state index contributed by atoms with van der Waals surface area (Å²) >= 11 is 0. The zero-order valence-electron chi connectivity index (χ0n) is 12.8. The Morgan fingerprint density at radius 2 is 1.96 bits per heavy atom. The van der Waals surface area contributed by atoms with Gasteiger partial charge in [0.1, 0.15) is 11.6 Å². The van der Waals surface area contributed by atoms with Crippen LogP contribution in [0.3, 0.4) is 0 Å². The molecule has 0 radical (unpaired) electrons. The molecule has 0 aliphatic rings. The Bertz CT molecular complexity index is 955. The average molecular weight is 345 g/mol. The summed E-state index contributed by atoms with van der Waals surface area (Å²) in [7, 11) is 0. The lowest BCUT2D eigenvalue weighted by molar-refractivity contribution is -0.142. The fourth-order valence-electron chi connectivity index (χ4n) is 2.53. The van der Waals surface area contributed by atoms with E-state index in [-0.39, 0.29) is 6.42 Å². The number of hydrogen-bond acceptors (Lipinski definition) is 3. The highest BCUT2D eigenvalue weighted by molar-refractivity contribution is 5.89. The van der Waals surface area contributed by atoms with E-state index in [4.69, 9.17) is 0 Å². The highest BCUT2D eigenvalue weighted by atomic mass is 19.1. The smallest absolute Gasteiger partial charge is 0.331 e. The zero-order valence-corrected chi connectivity index (χ0v) is 12.8. The Morgan fingerprint density at radius 3 is 2.72 bits per heavy atom. The average Bonchev–Trinajstić information content (AvgIpc) is 2.98. The third-order valence-corrected chi connectivity index (χ3v) is 3.70. The number of carboxylic acids is 1. The van der Waals surface area contributed by atoms with Crippen LogP contribution in [-0.2, 0) is 16.0 Å². The molecule has 6 nitrogen and oxygen atoms in total. The van der Waals surface area contributed by atoms with Crippen molar-refractivity contribution in [3.63, 3.8) is 0 Å². The largest absolute Gasteiger partial charge is 0.479 e. The molecule has 1 atom stereocenters. The van der Waals surface area contributed by atoms with Crippen LogP contribution < -0.4 is 5.32 Å². The summed E-state index contributed by atoms with van der Waals surface area (Å²) in [4.78, 5) is 23.6. The van der Waals surface area contributed by atoms with Crippen LogP contribution in [0.25, 0.3) is 10.9 Å². The van der Waals surface area contributed by atoms with Crippen molar-refractivity contribution < 1.29 is 23.5 Å². The normalized spacial score (nSPS) is 12.1. The molecular weight excluding hydrogens is 332 g/mol. The van der Waals surface area contributed by atoms with Gasteiger partial charge in [0.2, 0.25) is 5.91 Å². The molecule has 0 fully saturated rings. The first kappa shape index (κ1) is 16.6. The van der Waals surface area contributed by atoms with Gasteiger partial charge in [0.05, 0.1) is 17.6 Å². The van der Waals surface area contributed by atoms with E-state index in [1.54, 1.807) is 24.3 Å². The highest BCUT2D eigenvalue weighted by Crippen LogP contribution is 2.20. The Kier molecular flexibility index (Phi) is 4.42. The Morgan fingerprint density at radius 1 is 1.20 bits per heavy atom. The highest BCUT2D eigenvalue weighted by Gasteiger charge is 2.26. The van der Waals surface area contributed by atoms with Crippen LogP contribution in [0.5, 0.6) is 0 Å². The molecule has 2 aromatic carbocycles. The fourth-order valence-corrected chi connectivity index (χ4v) is 2.53. The summed E-state index contributed by atoms with van der Waals surface area (Å²) in [5.41, 5.74) is 0.712. The molecule has 0 bridgehead atoms. The number of fused-ring (bicyclic) bond motifs is 1. The molecule has 1 aromatic heterocycles. The summed E-state index contributed by atoms with van der Waals surface area (Å²) in [5.74, 6) is -3.87. The Hall–Kier alpha value is -3.29. The number of rotatable bonds is 5. The molecule has 3 aromatic rings. The van der Waals surface area contributed by atoms with Gasteiger partial charge in [-0.1, -0.05) is 18.2 Å². The lowest BCUT2D eigenvalue weighted by Gasteiger charge is -2.15. The van der Waals surface area contributed by atoms with Gasteiger partial charge in [0.25, 0.3) is 0 Å². The predicted octanol–water partition coefficient (Wildman–Crippen LogP) is 2.33. The lowest BCUT2D eigenvalue weighted by Crippen LogP contribution is -2.35. The SMILES string of the molecule is O=C(Cc1[nH]nc2ccccc12)NC(C(=O)O)c1cc(F)ccc1F. The minimum Gasteiger partial charge on any atom is -0.479 e. The van der Waals surface area contributed by atoms with Crippen molar-refractivity contribution in [1.29, 1.82) is 0 Å². The number of aromatic nitrogens is 2. The van der Waals surface area contributed by atoms with Gasteiger partial charge in [0.15, 0.2) is 6.04 Å². The van der Waals surface area contributed by atoms with Crippen LogP contribution in [0, 0.1) is 11.6 Å². The third-order valence-electron chi connectivity index (χ3n) is 3.70. The van der Waals surface area contributed by atoms with Crippen LogP contribution in [0.1, 0.15) is 17.3 Å². The van der Waals surface area contributed by atoms with Gasteiger partial charge in [-0.05, 0) is 24.3 Å². The van der Waals surface area contributed by atoms with Crippen molar-refractivity contribution in [2.45, 2.75) is 12.5 Å². The molecule has 0 saturated carbocycles. The molecule has 0 saturated heterocycles. The summed E-state index contributed by atoms with van der Waals surface area (Å²) in [6.45, 7) is 0. The molecule has 128 valence electrons. The molecule has 1 unspecified atom stereocenters. The fraction of sp³-hybridized carbons (Fsp3) is 0.118. The van der Waals surface area contributed by atoms with Gasteiger partial charge in [-0.25, -0.2) is 13.6 Å². The van der Waals surface area contributed by atoms with Crippen molar-refractivity contribution in [2.75, 3.05) is 0 Å². The maximum absolute atomic E-state index is 13.8. The van der Waals surface area contributed by atoms with Crippen molar-refractivity contribution in [2.24, 2.45) is 0 Å². The van der Waals surface area contributed by atoms with Crippen molar-refractivity contribution in [1.82, 2.24) is 15.5 Å². The summed E-state index contributed by atoms with van der Waals surface area (Å²) in [6, 6.07) is 7.84. The van der Waals surface area contributed by atoms with Gasteiger partial charge in [0, 0.05) is 10.9 Å². The van der Waals surface area contributed by atoms with E-state index in [0.29, 0.717) is 11.2 Å². The molecule has 0 spiro atoms. The van der Waals surface area contributed by atoms with Crippen molar-refractivity contribution in [3.05, 3.63) is 65.4 Å². The van der Waals surface area contributed by atoms with E-state index in [9.17, 15) is 23.5 Å². The molecular formula is C17H13F2N3O3. The van der Waals surface area contributed by atoms with Gasteiger partial charge in [-0.3, -0.25) is 9.89 Å². The Labute approximate surface area is 140 Å². The molecule has 3 N–H and O–H groups in total. The number of H-pyrrole nitrogens is 1. The summed E-state index contributed by atoms with van der Waals surface area (Å²) in [6.07, 6.45) is -0.179. The van der Waals surface area contributed by atoms with Crippen LogP contribution in [-0.4, -0.2) is 27.2 Å². The summed E-state index contributed by atoms with van der Waals surface area (Å²) < 4.78 is 27.1. The van der Waals surface area contributed by atoms with Crippen LogP contribution in [0.2, 0.25) is 0 Å². The number of aromatic amines is 1. The van der Waals surface area contributed by atoms with E-state index in [1.165, 1.54) is 0 Å². The minimum atomic E-state index is -1.70. The summed E-state index contributed by atoms with van der Waals surface area (Å²) in [5, 5.41) is 19.0. The number of nitrogens with zero attached hydrogens (tertiary/aromatic N) is 1. The van der Waals surface area contributed by atoms with Gasteiger partial charge < -0.3 is 10.4 Å². The van der Waals surface area contributed by atoms with Crippen LogP contribution in [0.4, 0.5) is 8.78 Å². The lowest BCUT2D eigenvalue weighted by atomic mass is 10.1. The van der Waals surface area contributed by atoms with E-state index >= 15 is 0 Å². The second-order valence-corrected chi connectivity index (χ2v) is 5.40. The standard InChI is InChI=1S/C17H13F2N3O3/c18-9-5-6-12(19)11(7-9)16(17(24)25)20-15(23)8-14-10-3-1-2-4-13(10)21-22-14/h1-7,16H,8H2,(H,20,23)(H,21,22)(H,24,25). The number of carbonyl (C=O) groups is 2. The first-order valence-electron chi connectivity index (χ1n) is 7.35. The first-order chi connectivity index (χ1) is 12.0. The number of benzene rings is 2. The number of para-hydroxylation sites is 1. The minimum absolute atomic E-state index is 0.179. The maximum atomic E-state index is 13.8. The molecule has 1 heterocycles. The Balaban J connectivity index is 1.82. The van der Waals surface area contributed by atoms with Crippen LogP contribution >= 0.6 is 0 Å². The quantitative estimate of drug-likeness (QED) is 0.661. The van der Waals surface area contributed by atoms with Gasteiger partial charge in [-0.2, -0.15) is 5.10 Å². The molecule has 8 heteroatoms. The second kappa shape index (κ2) is 6.68. The molecule has 3 rings (SSSR count). The number of hydrogen-bond donors (Lipinski definition) is 3. The second-order valence-electron chi connectivity index (χ2n) is 5.40. The van der Waals surface area contributed by atoms with Crippen molar-refractivity contribution >= 4 is 22.8 Å². The van der Waals surface area contributed by atoms with E-state index in [2.05, 4.69) is 15.5 Å². The number of nitrogens with one attached hydrogen (secondary N) is 2. The molecule has 25 heavy (non-hydrogen) atoms. The maximum Gasteiger partial charge on any atom is 0.331 e. The number of halogens is 2. The number of carboxylic acid groups (broad SMARTS) is 1. The molecule has 0 aliphatic heterocycles. The van der Waals surface area contributed by atoms with E-state index < -0.39 is 35.1 Å². The first-order valence-corrected chi connectivity index (χ1v) is 7.35. The predicted molar refractivity (Wildman–Crippen MR) is 84.7 cm³/mol. The zero-order chi connectivity index (χ0) is 18.0. The van der Waals surface area contributed by atoms with Crippen molar-refractivity contribution in [3.8, 4) is 0 Å². The van der Waals surface area contributed by atoms with E-state index in [0.717, 1.165) is 23.6 Å². The van der Waals surface area contributed by atoms with Crippen LogP contribution in [0.15, 0.2) is 42.5 Å². The molecule has 1 amide bonds. The van der Waals surface area contributed by atoms with Gasteiger partial charge in [-0.15, -0.1) is 0 Å². The third kappa shape index (κ3) is 3.47. The number of aliphatic carboxylic acids is 1. The van der Waals surface area contributed by atoms with E-state index in [1.807, 2.05) is 0 Å².